The molecule has 0 radical (unpaired) electrons. The Balaban J connectivity index is 2.15. The Labute approximate surface area is 96.6 Å². The van der Waals surface area contributed by atoms with Gasteiger partial charge < -0.3 is 5.32 Å². The van der Waals surface area contributed by atoms with Gasteiger partial charge in [0.2, 0.25) is 0 Å². The van der Waals surface area contributed by atoms with Gasteiger partial charge in [0.25, 0.3) is 0 Å². The lowest BCUT2D eigenvalue weighted by Gasteiger charge is -1.94. The molecule has 0 atom stereocenters. The Hall–Kier alpha value is -1.40. The Morgan fingerprint density at radius 3 is 2.94 bits per heavy atom. The van der Waals surface area contributed by atoms with Gasteiger partial charge in [-0.2, -0.15) is 0 Å². The summed E-state index contributed by atoms with van der Waals surface area (Å²) in [5.41, 5.74) is 0.654. The molecule has 0 amide bonds. The number of rotatable bonds is 4. The van der Waals surface area contributed by atoms with E-state index in [1.165, 1.54) is 23.6 Å². The van der Waals surface area contributed by atoms with Crippen molar-refractivity contribution in [1.29, 1.82) is 0 Å². The summed E-state index contributed by atoms with van der Waals surface area (Å²) >= 11 is 1.46. The van der Waals surface area contributed by atoms with E-state index in [-0.39, 0.29) is 5.82 Å². The van der Waals surface area contributed by atoms with Crippen LogP contribution in [0.1, 0.15) is 11.9 Å². The van der Waals surface area contributed by atoms with Crippen LogP contribution < -0.4 is 5.32 Å². The van der Waals surface area contributed by atoms with E-state index in [1.54, 1.807) is 6.07 Å². The van der Waals surface area contributed by atoms with Crippen molar-refractivity contribution in [3.8, 4) is 10.7 Å². The van der Waals surface area contributed by atoms with Crippen molar-refractivity contribution in [3.05, 3.63) is 29.2 Å². The molecule has 2 aromatic heterocycles. The summed E-state index contributed by atoms with van der Waals surface area (Å²) < 4.78 is 12.7. The lowest BCUT2D eigenvalue weighted by molar-refractivity contribution is 0.622. The van der Waals surface area contributed by atoms with Crippen LogP contribution in [-0.4, -0.2) is 21.7 Å². The molecule has 6 heteroatoms. The molecule has 2 rings (SSSR count). The maximum atomic E-state index is 12.7. The van der Waals surface area contributed by atoms with Crippen LogP contribution in [0.4, 0.5) is 4.39 Å². The molecule has 0 spiro atoms. The Kier molecular flexibility index (Phi) is 3.53. The summed E-state index contributed by atoms with van der Waals surface area (Å²) in [4.78, 5) is 3.95. The molecule has 0 aliphatic carbocycles. The first-order valence-electron chi connectivity index (χ1n) is 4.94. The molecule has 2 aromatic rings. The van der Waals surface area contributed by atoms with Gasteiger partial charge in [-0.15, -0.1) is 10.2 Å². The minimum atomic E-state index is -0.346. The largest absolute Gasteiger partial charge is 0.311 e. The molecule has 0 aliphatic heterocycles. The molecule has 0 unspecified atom stereocenters. The van der Waals surface area contributed by atoms with Crippen molar-refractivity contribution in [2.75, 3.05) is 6.54 Å². The van der Waals surface area contributed by atoms with Crippen LogP contribution in [0.2, 0.25) is 0 Å². The fourth-order valence-corrected chi connectivity index (χ4v) is 1.95. The Morgan fingerprint density at radius 2 is 2.25 bits per heavy atom. The van der Waals surface area contributed by atoms with Gasteiger partial charge in [0.05, 0.1) is 6.20 Å². The van der Waals surface area contributed by atoms with Crippen LogP contribution in [-0.2, 0) is 6.54 Å². The maximum absolute atomic E-state index is 12.7. The highest BCUT2D eigenvalue weighted by atomic mass is 32.1. The fourth-order valence-electron chi connectivity index (χ4n) is 1.16. The zero-order chi connectivity index (χ0) is 11.4. The third kappa shape index (κ3) is 2.59. The molecular formula is C10H11FN4S. The lowest BCUT2D eigenvalue weighted by Crippen LogP contribution is -2.11. The Bertz CT molecular complexity index is 454. The zero-order valence-electron chi connectivity index (χ0n) is 8.77. The molecule has 16 heavy (non-hydrogen) atoms. The average molecular weight is 238 g/mol. The van der Waals surface area contributed by atoms with Gasteiger partial charge in [-0.05, 0) is 18.7 Å². The van der Waals surface area contributed by atoms with Crippen LogP contribution >= 0.6 is 11.3 Å². The number of hydrogen-bond donors (Lipinski definition) is 1. The van der Waals surface area contributed by atoms with Gasteiger partial charge in [-0.25, -0.2) is 4.39 Å². The van der Waals surface area contributed by atoms with Crippen molar-refractivity contribution in [1.82, 2.24) is 20.5 Å². The number of hydrogen-bond acceptors (Lipinski definition) is 5. The summed E-state index contributed by atoms with van der Waals surface area (Å²) in [6.07, 6.45) is 1.18. The molecule has 4 nitrogen and oxygen atoms in total. The highest BCUT2D eigenvalue weighted by Crippen LogP contribution is 2.21. The van der Waals surface area contributed by atoms with Gasteiger partial charge >= 0.3 is 0 Å². The van der Waals surface area contributed by atoms with E-state index in [4.69, 9.17) is 0 Å². The smallest absolute Gasteiger partial charge is 0.166 e. The van der Waals surface area contributed by atoms with E-state index in [0.29, 0.717) is 17.2 Å². The van der Waals surface area contributed by atoms with E-state index in [0.717, 1.165) is 11.6 Å². The SMILES string of the molecule is CCNCc1nnc(-c2ccc(F)cn2)s1. The molecule has 0 bridgehead atoms. The summed E-state index contributed by atoms with van der Waals surface area (Å²) in [6.45, 7) is 3.63. The van der Waals surface area contributed by atoms with E-state index >= 15 is 0 Å². The second kappa shape index (κ2) is 5.09. The van der Waals surface area contributed by atoms with Crippen LogP contribution in [0.15, 0.2) is 18.3 Å². The van der Waals surface area contributed by atoms with Gasteiger partial charge in [0, 0.05) is 6.54 Å². The lowest BCUT2D eigenvalue weighted by atomic mass is 10.4. The molecule has 1 N–H and O–H groups in total. The molecule has 0 aromatic carbocycles. The van der Waals surface area contributed by atoms with Crippen molar-refractivity contribution in [2.45, 2.75) is 13.5 Å². The quantitative estimate of drug-likeness (QED) is 0.883. The minimum Gasteiger partial charge on any atom is -0.311 e. The molecule has 0 saturated heterocycles. The molecular weight excluding hydrogens is 227 g/mol. The number of pyridine rings is 1. The molecule has 0 aliphatic rings. The van der Waals surface area contributed by atoms with Gasteiger partial charge in [-0.1, -0.05) is 18.3 Å². The third-order valence-corrected chi connectivity index (χ3v) is 2.89. The standard InChI is InChI=1S/C10H11FN4S/c1-2-12-6-9-14-15-10(16-9)8-4-3-7(11)5-13-8/h3-5,12H,2,6H2,1H3. The first-order valence-corrected chi connectivity index (χ1v) is 5.76. The number of nitrogens with zero attached hydrogens (tertiary/aromatic N) is 3. The molecule has 84 valence electrons. The average Bonchev–Trinajstić information content (AvgIpc) is 2.76. The Morgan fingerprint density at radius 1 is 1.38 bits per heavy atom. The number of halogens is 1. The fraction of sp³-hybridized carbons (Fsp3) is 0.300. The molecule has 2 heterocycles. The first kappa shape index (κ1) is 11.1. The van der Waals surface area contributed by atoms with E-state index in [9.17, 15) is 4.39 Å². The topological polar surface area (TPSA) is 50.7 Å². The minimum absolute atomic E-state index is 0.346. The predicted molar refractivity (Wildman–Crippen MR) is 60.5 cm³/mol. The van der Waals surface area contributed by atoms with Crippen molar-refractivity contribution in [2.24, 2.45) is 0 Å². The van der Waals surface area contributed by atoms with Crippen LogP contribution in [0.3, 0.4) is 0 Å². The summed E-state index contributed by atoms with van der Waals surface area (Å²) in [7, 11) is 0. The van der Waals surface area contributed by atoms with E-state index < -0.39 is 0 Å². The van der Waals surface area contributed by atoms with Gasteiger partial charge in [0.1, 0.15) is 16.5 Å². The summed E-state index contributed by atoms with van der Waals surface area (Å²) in [5, 5.41) is 12.8. The van der Waals surface area contributed by atoms with E-state index in [2.05, 4.69) is 20.5 Å². The monoisotopic (exact) mass is 238 g/mol. The van der Waals surface area contributed by atoms with Crippen LogP contribution in [0.25, 0.3) is 10.7 Å². The number of nitrogens with one attached hydrogen (secondary N) is 1. The summed E-state index contributed by atoms with van der Waals surface area (Å²) in [6, 6.07) is 2.97. The molecule has 0 saturated carbocycles. The zero-order valence-corrected chi connectivity index (χ0v) is 9.59. The number of aromatic nitrogens is 3. The highest BCUT2D eigenvalue weighted by Gasteiger charge is 2.07. The van der Waals surface area contributed by atoms with Crippen molar-refractivity contribution >= 4 is 11.3 Å². The normalized spacial score (nSPS) is 10.6. The van der Waals surface area contributed by atoms with Crippen LogP contribution in [0.5, 0.6) is 0 Å². The maximum Gasteiger partial charge on any atom is 0.166 e. The van der Waals surface area contributed by atoms with E-state index in [1.807, 2.05) is 6.92 Å². The predicted octanol–water partition coefficient (Wildman–Crippen LogP) is 1.85. The van der Waals surface area contributed by atoms with Gasteiger partial charge in [-0.3, -0.25) is 4.98 Å². The molecule has 0 fully saturated rings. The second-order valence-electron chi connectivity index (χ2n) is 3.14. The summed E-state index contributed by atoms with van der Waals surface area (Å²) in [5.74, 6) is -0.346. The second-order valence-corrected chi connectivity index (χ2v) is 4.21. The third-order valence-electron chi connectivity index (χ3n) is 1.94. The van der Waals surface area contributed by atoms with Gasteiger partial charge in [0.15, 0.2) is 5.01 Å². The van der Waals surface area contributed by atoms with Crippen molar-refractivity contribution < 1.29 is 4.39 Å². The van der Waals surface area contributed by atoms with Crippen molar-refractivity contribution in [3.63, 3.8) is 0 Å². The van der Waals surface area contributed by atoms with Crippen LogP contribution in [0, 0.1) is 5.82 Å². The highest BCUT2D eigenvalue weighted by molar-refractivity contribution is 7.14. The first-order chi connectivity index (χ1) is 7.79.